The predicted octanol–water partition coefficient (Wildman–Crippen LogP) is 3.30. The minimum Gasteiger partial charge on any atom is -0.454 e. The summed E-state index contributed by atoms with van der Waals surface area (Å²) in [5.41, 5.74) is 1.35. The van der Waals surface area contributed by atoms with E-state index in [1.807, 2.05) is 6.07 Å². The van der Waals surface area contributed by atoms with Crippen molar-refractivity contribution in [1.82, 2.24) is 0 Å². The molecular formula is C13H15O2. The van der Waals surface area contributed by atoms with Crippen molar-refractivity contribution < 1.29 is 9.47 Å². The van der Waals surface area contributed by atoms with Gasteiger partial charge < -0.3 is 9.47 Å². The van der Waals surface area contributed by atoms with Crippen LogP contribution in [0.5, 0.6) is 11.5 Å². The van der Waals surface area contributed by atoms with Crippen molar-refractivity contribution in [2.75, 3.05) is 6.79 Å². The van der Waals surface area contributed by atoms with E-state index in [0.29, 0.717) is 6.79 Å². The van der Waals surface area contributed by atoms with Gasteiger partial charge in [0.1, 0.15) is 0 Å². The number of hydrogen-bond donors (Lipinski definition) is 0. The highest BCUT2D eigenvalue weighted by Gasteiger charge is 2.19. The molecule has 1 aromatic carbocycles. The van der Waals surface area contributed by atoms with Crippen molar-refractivity contribution in [2.45, 2.75) is 32.1 Å². The molecule has 3 rings (SSSR count). The number of benzene rings is 1. The Kier molecular flexibility index (Phi) is 2.28. The Labute approximate surface area is 90.2 Å². The SMILES string of the molecule is c1cc2c(cc1[C]1CCCCC1)OCO2. The standard InChI is InChI=1S/C13H15O2/c1-2-4-10(5-3-1)11-6-7-12-13(8-11)15-9-14-12/h6-8H,1-5,9H2. The van der Waals surface area contributed by atoms with E-state index in [9.17, 15) is 0 Å². The van der Waals surface area contributed by atoms with E-state index in [-0.39, 0.29) is 0 Å². The van der Waals surface area contributed by atoms with Crippen LogP contribution in [0.2, 0.25) is 0 Å². The van der Waals surface area contributed by atoms with Crippen molar-refractivity contribution in [2.24, 2.45) is 0 Å². The molecule has 1 aliphatic carbocycles. The lowest BCUT2D eigenvalue weighted by molar-refractivity contribution is 0.174. The Morgan fingerprint density at radius 3 is 2.53 bits per heavy atom. The summed E-state index contributed by atoms with van der Waals surface area (Å²) in [6.07, 6.45) is 6.56. The maximum atomic E-state index is 5.39. The molecule has 1 aromatic rings. The highest BCUT2D eigenvalue weighted by atomic mass is 16.7. The minimum absolute atomic E-state index is 0.369. The normalized spacial score (nSPS) is 20.5. The molecule has 2 aliphatic rings. The monoisotopic (exact) mass is 203 g/mol. The van der Waals surface area contributed by atoms with Crippen LogP contribution in [0.25, 0.3) is 0 Å². The molecule has 15 heavy (non-hydrogen) atoms. The van der Waals surface area contributed by atoms with Crippen molar-refractivity contribution in [1.29, 1.82) is 0 Å². The highest BCUT2D eigenvalue weighted by Crippen LogP contribution is 2.38. The van der Waals surface area contributed by atoms with Crippen LogP contribution in [-0.2, 0) is 0 Å². The Morgan fingerprint density at radius 1 is 0.867 bits per heavy atom. The fraction of sp³-hybridized carbons (Fsp3) is 0.462. The Balaban J connectivity index is 1.85. The summed E-state index contributed by atoms with van der Waals surface area (Å²) in [5, 5.41) is 0. The van der Waals surface area contributed by atoms with Crippen LogP contribution in [-0.4, -0.2) is 6.79 Å². The molecule has 0 atom stereocenters. The smallest absolute Gasteiger partial charge is 0.231 e. The molecule has 2 nitrogen and oxygen atoms in total. The zero-order chi connectivity index (χ0) is 10.1. The van der Waals surface area contributed by atoms with Gasteiger partial charge >= 0.3 is 0 Å². The van der Waals surface area contributed by atoms with E-state index < -0.39 is 0 Å². The maximum Gasteiger partial charge on any atom is 0.231 e. The molecule has 0 saturated heterocycles. The van der Waals surface area contributed by atoms with Gasteiger partial charge in [0, 0.05) is 5.92 Å². The van der Waals surface area contributed by atoms with Gasteiger partial charge in [-0.1, -0.05) is 25.3 Å². The molecular weight excluding hydrogens is 188 g/mol. The summed E-state index contributed by atoms with van der Waals surface area (Å²) >= 11 is 0. The van der Waals surface area contributed by atoms with E-state index in [1.165, 1.54) is 37.7 Å². The van der Waals surface area contributed by atoms with Crippen molar-refractivity contribution >= 4 is 0 Å². The Morgan fingerprint density at radius 2 is 1.67 bits per heavy atom. The molecule has 0 unspecified atom stereocenters. The minimum atomic E-state index is 0.369. The molecule has 0 spiro atoms. The molecule has 79 valence electrons. The van der Waals surface area contributed by atoms with Crippen LogP contribution in [0.4, 0.5) is 0 Å². The van der Waals surface area contributed by atoms with E-state index >= 15 is 0 Å². The molecule has 0 bridgehead atoms. The molecule has 0 amide bonds. The third-order valence-corrected chi connectivity index (χ3v) is 3.24. The second-order valence-corrected chi connectivity index (χ2v) is 4.23. The Hall–Kier alpha value is -1.18. The zero-order valence-corrected chi connectivity index (χ0v) is 8.79. The molecule has 1 heterocycles. The van der Waals surface area contributed by atoms with Crippen LogP contribution in [0, 0.1) is 5.92 Å². The summed E-state index contributed by atoms with van der Waals surface area (Å²) in [4.78, 5) is 0. The van der Waals surface area contributed by atoms with Gasteiger partial charge in [0.25, 0.3) is 0 Å². The van der Waals surface area contributed by atoms with Gasteiger partial charge in [-0.3, -0.25) is 0 Å². The molecule has 0 aromatic heterocycles. The summed E-state index contributed by atoms with van der Waals surface area (Å²) in [6, 6.07) is 6.32. The highest BCUT2D eigenvalue weighted by molar-refractivity contribution is 5.48. The van der Waals surface area contributed by atoms with Gasteiger partial charge in [0.05, 0.1) is 0 Å². The van der Waals surface area contributed by atoms with Crippen molar-refractivity contribution in [3.63, 3.8) is 0 Å². The first-order valence-electron chi connectivity index (χ1n) is 5.68. The lowest BCUT2D eigenvalue weighted by atomic mass is 9.84. The van der Waals surface area contributed by atoms with Crippen LogP contribution in [0.3, 0.4) is 0 Å². The molecule has 1 saturated carbocycles. The number of fused-ring (bicyclic) bond motifs is 1. The van der Waals surface area contributed by atoms with Crippen molar-refractivity contribution in [3.05, 3.63) is 29.7 Å². The third kappa shape index (κ3) is 1.69. The van der Waals surface area contributed by atoms with Gasteiger partial charge in [-0.2, -0.15) is 0 Å². The first kappa shape index (κ1) is 9.08. The fourth-order valence-electron chi connectivity index (χ4n) is 2.38. The average Bonchev–Trinajstić information content (AvgIpc) is 2.77. The Bertz CT molecular complexity index is 354. The molecule has 2 heteroatoms. The number of ether oxygens (including phenoxy) is 2. The molecule has 1 fully saturated rings. The van der Waals surface area contributed by atoms with Crippen LogP contribution >= 0.6 is 0 Å². The second-order valence-electron chi connectivity index (χ2n) is 4.23. The van der Waals surface area contributed by atoms with E-state index in [0.717, 1.165) is 11.5 Å². The van der Waals surface area contributed by atoms with Crippen LogP contribution in [0.15, 0.2) is 18.2 Å². The van der Waals surface area contributed by atoms with Gasteiger partial charge in [0.2, 0.25) is 6.79 Å². The zero-order valence-electron chi connectivity index (χ0n) is 8.79. The van der Waals surface area contributed by atoms with Crippen molar-refractivity contribution in [3.8, 4) is 11.5 Å². The summed E-state index contributed by atoms with van der Waals surface area (Å²) in [7, 11) is 0. The molecule has 0 N–H and O–H groups in total. The van der Waals surface area contributed by atoms with Gasteiger partial charge in [-0.05, 0) is 30.5 Å². The van der Waals surface area contributed by atoms with Gasteiger partial charge in [0.15, 0.2) is 11.5 Å². The average molecular weight is 203 g/mol. The molecule has 1 radical (unpaired) electrons. The lowest BCUT2D eigenvalue weighted by Gasteiger charge is -2.21. The van der Waals surface area contributed by atoms with Crippen LogP contribution in [0.1, 0.15) is 37.7 Å². The van der Waals surface area contributed by atoms with E-state index in [1.54, 1.807) is 5.92 Å². The summed E-state index contributed by atoms with van der Waals surface area (Å²) in [5.74, 6) is 3.38. The fourth-order valence-corrected chi connectivity index (χ4v) is 2.38. The van der Waals surface area contributed by atoms with Gasteiger partial charge in [-0.25, -0.2) is 0 Å². The van der Waals surface area contributed by atoms with Gasteiger partial charge in [-0.15, -0.1) is 0 Å². The number of hydrogen-bond acceptors (Lipinski definition) is 2. The second kappa shape index (κ2) is 3.76. The topological polar surface area (TPSA) is 18.5 Å². The number of rotatable bonds is 1. The quantitative estimate of drug-likeness (QED) is 0.697. The molecule has 1 aliphatic heterocycles. The maximum absolute atomic E-state index is 5.39. The first-order chi connectivity index (χ1) is 7.43. The summed E-state index contributed by atoms with van der Waals surface area (Å²) in [6.45, 7) is 0.369. The summed E-state index contributed by atoms with van der Waals surface area (Å²) < 4.78 is 10.7. The van der Waals surface area contributed by atoms with Crippen LogP contribution < -0.4 is 9.47 Å². The predicted molar refractivity (Wildman–Crippen MR) is 58.0 cm³/mol. The largest absolute Gasteiger partial charge is 0.454 e. The van der Waals surface area contributed by atoms with E-state index in [4.69, 9.17) is 9.47 Å². The third-order valence-electron chi connectivity index (χ3n) is 3.24. The first-order valence-corrected chi connectivity index (χ1v) is 5.68. The lowest BCUT2D eigenvalue weighted by Crippen LogP contribution is -2.05. The van der Waals surface area contributed by atoms with E-state index in [2.05, 4.69) is 12.1 Å².